The molecule has 31 heavy (non-hydrogen) atoms. The number of ether oxygens (including phenoxy) is 1. The molecule has 8 nitrogen and oxygen atoms in total. The SMILES string of the molecule is N#CC1=C(S[C@@H]2O[C@H](CO)[C@H](O)[C@H](O)[C@H]2O)NC(c2ccccc2)=CC1c1ccco1. The van der Waals surface area contributed by atoms with Crippen LogP contribution in [0.3, 0.4) is 0 Å². The maximum Gasteiger partial charge on any atom is 0.138 e. The lowest BCUT2D eigenvalue weighted by Crippen LogP contribution is -2.57. The number of dihydropyridines is 1. The number of hydrogen-bond acceptors (Lipinski definition) is 9. The summed E-state index contributed by atoms with van der Waals surface area (Å²) in [5.41, 5.74) is 0.974. The zero-order valence-electron chi connectivity index (χ0n) is 16.3. The van der Waals surface area contributed by atoms with Crippen LogP contribution in [-0.4, -0.2) is 56.9 Å². The van der Waals surface area contributed by atoms with Gasteiger partial charge in [-0.05, 0) is 23.8 Å². The largest absolute Gasteiger partial charge is 0.468 e. The number of furan rings is 1. The number of rotatable bonds is 5. The van der Waals surface area contributed by atoms with Gasteiger partial charge in [-0.25, -0.2) is 0 Å². The van der Waals surface area contributed by atoms with E-state index in [0.29, 0.717) is 16.4 Å². The molecule has 2 aromatic rings. The second kappa shape index (κ2) is 9.28. The fourth-order valence-electron chi connectivity index (χ4n) is 3.60. The van der Waals surface area contributed by atoms with Gasteiger partial charge in [0.1, 0.15) is 35.6 Å². The number of aliphatic hydroxyl groups excluding tert-OH is 4. The van der Waals surface area contributed by atoms with Crippen LogP contribution in [0.15, 0.2) is 69.8 Å². The molecule has 0 radical (unpaired) electrons. The minimum atomic E-state index is -1.50. The van der Waals surface area contributed by atoms with E-state index in [9.17, 15) is 25.7 Å². The third kappa shape index (κ3) is 4.27. The number of aliphatic hydroxyl groups is 4. The number of nitrogens with zero attached hydrogens (tertiary/aromatic N) is 1. The molecule has 0 bridgehead atoms. The predicted molar refractivity (Wildman–Crippen MR) is 113 cm³/mol. The lowest BCUT2D eigenvalue weighted by Gasteiger charge is -2.40. The Morgan fingerprint density at radius 1 is 1.03 bits per heavy atom. The van der Waals surface area contributed by atoms with E-state index in [1.807, 2.05) is 36.4 Å². The number of hydrogen-bond donors (Lipinski definition) is 5. The van der Waals surface area contributed by atoms with E-state index in [4.69, 9.17) is 9.15 Å². The van der Waals surface area contributed by atoms with Gasteiger partial charge >= 0.3 is 0 Å². The number of thioether (sulfide) groups is 1. The molecule has 0 saturated carbocycles. The third-order valence-electron chi connectivity index (χ3n) is 5.27. The molecule has 0 aliphatic carbocycles. The van der Waals surface area contributed by atoms with Crippen molar-refractivity contribution in [3.8, 4) is 6.07 Å². The molecular weight excluding hydrogens is 420 g/mol. The highest BCUT2D eigenvalue weighted by atomic mass is 32.2. The number of nitriles is 1. The summed E-state index contributed by atoms with van der Waals surface area (Å²) < 4.78 is 11.2. The van der Waals surface area contributed by atoms with Gasteiger partial charge in [-0.15, -0.1) is 0 Å². The van der Waals surface area contributed by atoms with Crippen LogP contribution >= 0.6 is 11.8 Å². The summed E-state index contributed by atoms with van der Waals surface area (Å²) >= 11 is 1.02. The maximum atomic E-state index is 10.4. The highest BCUT2D eigenvalue weighted by Crippen LogP contribution is 2.41. The van der Waals surface area contributed by atoms with Crippen LogP contribution in [0.1, 0.15) is 17.2 Å². The predicted octanol–water partition coefficient (Wildman–Crippen LogP) is 1.28. The number of benzene rings is 1. The molecule has 0 amide bonds. The first-order valence-corrected chi connectivity index (χ1v) is 10.6. The van der Waals surface area contributed by atoms with E-state index in [-0.39, 0.29) is 0 Å². The van der Waals surface area contributed by atoms with E-state index >= 15 is 0 Å². The van der Waals surface area contributed by atoms with Crippen molar-refractivity contribution >= 4 is 17.5 Å². The Morgan fingerprint density at radius 2 is 1.81 bits per heavy atom. The van der Waals surface area contributed by atoms with Gasteiger partial charge < -0.3 is 34.9 Å². The van der Waals surface area contributed by atoms with Crippen molar-refractivity contribution in [1.82, 2.24) is 5.32 Å². The number of nitrogens with one attached hydrogen (secondary N) is 1. The molecule has 4 rings (SSSR count). The molecule has 5 N–H and O–H groups in total. The van der Waals surface area contributed by atoms with Crippen molar-refractivity contribution in [2.45, 2.75) is 35.8 Å². The summed E-state index contributed by atoms with van der Waals surface area (Å²) in [5.74, 6) is 0.113. The Labute approximate surface area is 183 Å². The molecule has 9 heteroatoms. The van der Waals surface area contributed by atoms with E-state index in [1.165, 1.54) is 6.26 Å². The van der Waals surface area contributed by atoms with Crippen molar-refractivity contribution < 1.29 is 29.6 Å². The second-order valence-electron chi connectivity index (χ2n) is 7.23. The molecule has 1 fully saturated rings. The Hall–Kier alpha value is -2.58. The van der Waals surface area contributed by atoms with Crippen LogP contribution in [0.25, 0.3) is 5.70 Å². The molecule has 1 aromatic carbocycles. The molecule has 1 aromatic heterocycles. The van der Waals surface area contributed by atoms with Crippen LogP contribution in [0.4, 0.5) is 0 Å². The van der Waals surface area contributed by atoms with E-state index in [1.54, 1.807) is 12.1 Å². The standard InChI is InChI=1S/C22H22N2O6S/c23-10-14-13(16-7-4-8-29-16)9-15(12-5-2-1-3-6-12)24-21(14)31-22-20(28)19(27)18(26)17(11-25)30-22/h1-9,13,17-20,22,24-28H,11H2/t13?,17-,18+,19+,20-,22+/m1/s1. The van der Waals surface area contributed by atoms with Crippen LogP contribution in [-0.2, 0) is 4.74 Å². The molecular formula is C22H22N2O6S. The highest BCUT2D eigenvalue weighted by molar-refractivity contribution is 8.03. The Bertz CT molecular complexity index is 999. The molecule has 2 aliphatic rings. The van der Waals surface area contributed by atoms with Crippen molar-refractivity contribution in [2.24, 2.45) is 0 Å². The monoisotopic (exact) mass is 442 g/mol. The molecule has 2 aliphatic heterocycles. The van der Waals surface area contributed by atoms with E-state index in [0.717, 1.165) is 23.0 Å². The summed E-state index contributed by atoms with van der Waals surface area (Å²) in [7, 11) is 0. The first-order chi connectivity index (χ1) is 15.0. The molecule has 1 unspecified atom stereocenters. The van der Waals surface area contributed by atoms with Gasteiger partial charge in [0.2, 0.25) is 0 Å². The van der Waals surface area contributed by atoms with Crippen molar-refractivity contribution in [3.05, 3.63) is 76.7 Å². The van der Waals surface area contributed by atoms with Crippen molar-refractivity contribution in [3.63, 3.8) is 0 Å². The average Bonchev–Trinajstić information content (AvgIpc) is 3.34. The van der Waals surface area contributed by atoms with Gasteiger partial charge in [0.25, 0.3) is 0 Å². The van der Waals surface area contributed by atoms with Crippen molar-refractivity contribution in [2.75, 3.05) is 6.61 Å². The Kier molecular flexibility index (Phi) is 6.48. The van der Waals surface area contributed by atoms with E-state index in [2.05, 4.69) is 11.4 Å². The topological polar surface area (TPSA) is 139 Å². The first-order valence-electron chi connectivity index (χ1n) is 9.72. The quantitative estimate of drug-likeness (QED) is 0.463. The van der Waals surface area contributed by atoms with Crippen LogP contribution in [0.2, 0.25) is 0 Å². The van der Waals surface area contributed by atoms with Gasteiger partial charge in [0.15, 0.2) is 0 Å². The van der Waals surface area contributed by atoms with Crippen LogP contribution in [0, 0.1) is 11.3 Å². The second-order valence-corrected chi connectivity index (χ2v) is 8.34. The maximum absolute atomic E-state index is 10.4. The lowest BCUT2D eigenvalue weighted by atomic mass is 9.92. The van der Waals surface area contributed by atoms with Crippen molar-refractivity contribution in [1.29, 1.82) is 5.26 Å². The summed E-state index contributed by atoms with van der Waals surface area (Å²) in [5, 5.41) is 53.6. The lowest BCUT2D eigenvalue weighted by molar-refractivity contribution is -0.205. The summed E-state index contributed by atoms with van der Waals surface area (Å²) in [6, 6.07) is 15.3. The molecule has 162 valence electrons. The van der Waals surface area contributed by atoms with Gasteiger partial charge in [-0.2, -0.15) is 5.26 Å². The summed E-state index contributed by atoms with van der Waals surface area (Å²) in [4.78, 5) is 0. The Balaban J connectivity index is 1.70. The molecule has 1 saturated heterocycles. The molecule has 3 heterocycles. The minimum absolute atomic E-state index is 0.358. The number of allylic oxidation sites excluding steroid dienone is 2. The normalized spacial score (nSPS) is 31.0. The fourth-order valence-corrected chi connectivity index (χ4v) is 4.79. The summed E-state index contributed by atoms with van der Waals surface area (Å²) in [6.45, 7) is -0.524. The average molecular weight is 442 g/mol. The molecule has 0 spiro atoms. The minimum Gasteiger partial charge on any atom is -0.468 e. The fraction of sp³-hybridized carbons (Fsp3) is 0.318. The van der Waals surface area contributed by atoms with Gasteiger partial charge in [-0.3, -0.25) is 0 Å². The first kappa shape index (κ1) is 21.6. The van der Waals surface area contributed by atoms with Crippen LogP contribution in [0.5, 0.6) is 0 Å². The smallest absolute Gasteiger partial charge is 0.138 e. The van der Waals surface area contributed by atoms with Crippen LogP contribution < -0.4 is 5.32 Å². The van der Waals surface area contributed by atoms with Gasteiger partial charge in [0, 0.05) is 5.70 Å². The molecule has 6 atom stereocenters. The third-order valence-corrected chi connectivity index (χ3v) is 6.45. The van der Waals surface area contributed by atoms with Gasteiger partial charge in [-0.1, -0.05) is 42.1 Å². The van der Waals surface area contributed by atoms with E-state index < -0.39 is 42.4 Å². The zero-order valence-corrected chi connectivity index (χ0v) is 17.1. The highest BCUT2D eigenvalue weighted by Gasteiger charge is 2.44. The Morgan fingerprint density at radius 3 is 2.45 bits per heavy atom. The zero-order chi connectivity index (χ0) is 22.0. The van der Waals surface area contributed by atoms with Gasteiger partial charge in [0.05, 0.1) is 35.5 Å². The summed E-state index contributed by atoms with van der Waals surface area (Å²) in [6.07, 6.45) is -1.98.